The third-order valence-electron chi connectivity index (χ3n) is 3.34. The van der Waals surface area contributed by atoms with Crippen LogP contribution >= 0.6 is 0 Å². The summed E-state index contributed by atoms with van der Waals surface area (Å²) >= 11 is 0. The van der Waals surface area contributed by atoms with Crippen molar-refractivity contribution in [2.45, 2.75) is 26.4 Å². The lowest BCUT2D eigenvalue weighted by molar-refractivity contribution is 0.0929. The zero-order valence-electron chi connectivity index (χ0n) is 13.1. The first-order valence-corrected chi connectivity index (χ1v) is 8.94. The Balaban J connectivity index is 2.23. The molecule has 0 radical (unpaired) electrons. The molecule has 0 saturated heterocycles. The van der Waals surface area contributed by atoms with Crippen LogP contribution in [0.4, 0.5) is 0 Å². The van der Waals surface area contributed by atoms with Crippen molar-refractivity contribution in [2.75, 3.05) is 12.0 Å². The number of aryl methyl sites for hydroxylation is 2. The fraction of sp³-hybridized carbons (Fsp3) is 0.375. The predicted molar refractivity (Wildman–Crippen MR) is 88.2 cm³/mol. The number of hydrogen-bond acceptors (Lipinski definition) is 3. The summed E-state index contributed by atoms with van der Waals surface area (Å²) in [7, 11) is -1.01. The topological polar surface area (TPSA) is 64.0 Å². The van der Waals surface area contributed by atoms with Crippen molar-refractivity contribution in [3.8, 4) is 0 Å². The standard InChI is InChI=1S/C16H21N3O2S/c1-4-19-15(10-12(2)18-19)16(20)17-14(11-22(3)21)13-8-6-5-7-9-13/h5-10,14H,4,11H2,1-3H3,(H,17,20). The Bertz CT molecular complexity index is 667. The largest absolute Gasteiger partial charge is 0.343 e. The van der Waals surface area contributed by atoms with Crippen LogP contribution in [-0.4, -0.2) is 31.9 Å². The maximum atomic E-state index is 12.5. The molecular formula is C16H21N3O2S. The van der Waals surface area contributed by atoms with Gasteiger partial charge in [0, 0.05) is 29.4 Å². The van der Waals surface area contributed by atoms with E-state index in [1.165, 1.54) is 0 Å². The highest BCUT2D eigenvalue weighted by Crippen LogP contribution is 2.15. The average molecular weight is 319 g/mol. The predicted octanol–water partition coefficient (Wildman–Crippen LogP) is 2.06. The van der Waals surface area contributed by atoms with E-state index in [9.17, 15) is 9.00 Å². The Hall–Kier alpha value is -1.95. The lowest BCUT2D eigenvalue weighted by atomic mass is 10.1. The second kappa shape index (κ2) is 7.35. The smallest absolute Gasteiger partial charge is 0.270 e. The van der Waals surface area contributed by atoms with Gasteiger partial charge in [-0.05, 0) is 25.5 Å². The summed E-state index contributed by atoms with van der Waals surface area (Å²) in [4.78, 5) is 12.5. The Labute approximate surface area is 133 Å². The van der Waals surface area contributed by atoms with Gasteiger partial charge in [-0.3, -0.25) is 13.7 Å². The van der Waals surface area contributed by atoms with Gasteiger partial charge in [0.15, 0.2) is 0 Å². The number of nitrogens with one attached hydrogen (secondary N) is 1. The van der Waals surface area contributed by atoms with Crippen molar-refractivity contribution in [3.05, 3.63) is 53.3 Å². The minimum atomic E-state index is -1.01. The molecule has 0 saturated carbocycles. The van der Waals surface area contributed by atoms with Crippen molar-refractivity contribution in [1.82, 2.24) is 15.1 Å². The van der Waals surface area contributed by atoms with Crippen LogP contribution < -0.4 is 5.32 Å². The second-order valence-corrected chi connectivity index (χ2v) is 6.64. The summed E-state index contributed by atoms with van der Waals surface area (Å²) < 4.78 is 13.3. The Morgan fingerprint density at radius 3 is 2.64 bits per heavy atom. The molecule has 1 amide bonds. The van der Waals surface area contributed by atoms with E-state index in [-0.39, 0.29) is 11.9 Å². The molecule has 1 N–H and O–H groups in total. The van der Waals surface area contributed by atoms with E-state index in [1.54, 1.807) is 17.0 Å². The van der Waals surface area contributed by atoms with Gasteiger partial charge in [-0.1, -0.05) is 30.3 Å². The summed E-state index contributed by atoms with van der Waals surface area (Å²) in [5, 5.41) is 7.26. The number of carbonyl (C=O) groups excluding carboxylic acids is 1. The number of amides is 1. The van der Waals surface area contributed by atoms with Crippen molar-refractivity contribution in [2.24, 2.45) is 0 Å². The number of rotatable bonds is 6. The van der Waals surface area contributed by atoms with Crippen LogP contribution in [0.25, 0.3) is 0 Å². The van der Waals surface area contributed by atoms with Gasteiger partial charge in [0.05, 0.1) is 11.7 Å². The molecule has 0 aliphatic heterocycles. The minimum absolute atomic E-state index is 0.193. The molecule has 2 unspecified atom stereocenters. The molecule has 118 valence electrons. The van der Waals surface area contributed by atoms with Crippen LogP contribution in [0.3, 0.4) is 0 Å². The summed E-state index contributed by atoms with van der Waals surface area (Å²) in [5.74, 6) is 0.191. The molecule has 1 aromatic carbocycles. The van der Waals surface area contributed by atoms with E-state index in [1.807, 2.05) is 44.2 Å². The molecule has 2 aromatic rings. The van der Waals surface area contributed by atoms with Crippen LogP contribution in [0, 0.1) is 6.92 Å². The lowest BCUT2D eigenvalue weighted by Gasteiger charge is -2.18. The van der Waals surface area contributed by atoms with Gasteiger partial charge < -0.3 is 5.32 Å². The van der Waals surface area contributed by atoms with E-state index in [4.69, 9.17) is 0 Å². The molecule has 0 spiro atoms. The Kier molecular flexibility index (Phi) is 5.49. The number of carbonyl (C=O) groups is 1. The number of benzene rings is 1. The van der Waals surface area contributed by atoms with Gasteiger partial charge in [0.25, 0.3) is 5.91 Å². The molecule has 1 aromatic heterocycles. The van der Waals surface area contributed by atoms with Crippen molar-refractivity contribution in [3.63, 3.8) is 0 Å². The van der Waals surface area contributed by atoms with Gasteiger partial charge in [-0.2, -0.15) is 5.10 Å². The molecule has 2 atom stereocenters. The van der Waals surface area contributed by atoms with Crippen molar-refractivity contribution >= 4 is 16.7 Å². The molecular weight excluding hydrogens is 298 g/mol. The molecule has 0 aliphatic rings. The van der Waals surface area contributed by atoms with Gasteiger partial charge >= 0.3 is 0 Å². The summed E-state index contributed by atoms with van der Waals surface area (Å²) in [6.45, 7) is 4.43. The van der Waals surface area contributed by atoms with E-state index in [0.29, 0.717) is 18.0 Å². The summed E-state index contributed by atoms with van der Waals surface area (Å²) in [5.41, 5.74) is 2.29. The highest BCUT2D eigenvalue weighted by molar-refractivity contribution is 7.84. The quantitative estimate of drug-likeness (QED) is 0.886. The van der Waals surface area contributed by atoms with Crippen LogP contribution in [-0.2, 0) is 17.3 Å². The molecule has 5 nitrogen and oxygen atoms in total. The van der Waals surface area contributed by atoms with E-state index >= 15 is 0 Å². The third kappa shape index (κ3) is 4.04. The molecule has 0 fully saturated rings. The first-order valence-electron chi connectivity index (χ1n) is 7.21. The number of nitrogens with zero attached hydrogens (tertiary/aromatic N) is 2. The fourth-order valence-corrected chi connectivity index (χ4v) is 3.09. The maximum Gasteiger partial charge on any atom is 0.270 e. The lowest BCUT2D eigenvalue weighted by Crippen LogP contribution is -2.33. The van der Waals surface area contributed by atoms with Crippen LogP contribution in [0.1, 0.15) is 34.7 Å². The minimum Gasteiger partial charge on any atom is -0.343 e. The SMILES string of the molecule is CCn1nc(C)cc1C(=O)NC(CS(C)=O)c1ccccc1. The van der Waals surface area contributed by atoms with E-state index < -0.39 is 10.8 Å². The van der Waals surface area contributed by atoms with Gasteiger partial charge in [0.1, 0.15) is 5.69 Å². The number of hydrogen-bond donors (Lipinski definition) is 1. The molecule has 22 heavy (non-hydrogen) atoms. The van der Waals surface area contributed by atoms with Crippen LogP contribution in [0.15, 0.2) is 36.4 Å². The molecule has 0 aliphatic carbocycles. The molecule has 1 heterocycles. The monoisotopic (exact) mass is 319 g/mol. The van der Waals surface area contributed by atoms with Gasteiger partial charge in [-0.25, -0.2) is 0 Å². The summed E-state index contributed by atoms with van der Waals surface area (Å²) in [6.07, 6.45) is 1.64. The number of aromatic nitrogens is 2. The van der Waals surface area contributed by atoms with Crippen LogP contribution in [0.5, 0.6) is 0 Å². The Morgan fingerprint density at radius 2 is 2.05 bits per heavy atom. The van der Waals surface area contributed by atoms with E-state index in [0.717, 1.165) is 11.3 Å². The van der Waals surface area contributed by atoms with E-state index in [2.05, 4.69) is 10.4 Å². The molecule has 6 heteroatoms. The van der Waals surface area contributed by atoms with Gasteiger partial charge in [-0.15, -0.1) is 0 Å². The maximum absolute atomic E-state index is 12.5. The Morgan fingerprint density at radius 1 is 1.36 bits per heavy atom. The van der Waals surface area contributed by atoms with Crippen molar-refractivity contribution in [1.29, 1.82) is 0 Å². The molecule has 2 rings (SSSR count). The summed E-state index contributed by atoms with van der Waals surface area (Å²) in [6, 6.07) is 11.1. The normalized spacial score (nSPS) is 13.6. The zero-order chi connectivity index (χ0) is 16.1. The molecule has 0 bridgehead atoms. The highest BCUT2D eigenvalue weighted by Gasteiger charge is 2.20. The second-order valence-electron chi connectivity index (χ2n) is 5.16. The zero-order valence-corrected chi connectivity index (χ0v) is 13.9. The average Bonchev–Trinajstić information content (AvgIpc) is 2.88. The highest BCUT2D eigenvalue weighted by atomic mass is 32.2. The third-order valence-corrected chi connectivity index (χ3v) is 4.15. The fourth-order valence-electron chi connectivity index (χ4n) is 2.34. The van der Waals surface area contributed by atoms with Crippen molar-refractivity contribution < 1.29 is 9.00 Å². The first kappa shape index (κ1) is 16.4. The van der Waals surface area contributed by atoms with Crippen LogP contribution in [0.2, 0.25) is 0 Å². The van der Waals surface area contributed by atoms with Gasteiger partial charge in [0.2, 0.25) is 0 Å². The first-order chi connectivity index (χ1) is 10.5.